The van der Waals surface area contributed by atoms with Crippen molar-refractivity contribution in [2.75, 3.05) is 4.72 Å². The highest BCUT2D eigenvalue weighted by Gasteiger charge is 2.30. The first-order valence-electron chi connectivity index (χ1n) is 8.20. The summed E-state index contributed by atoms with van der Waals surface area (Å²) in [5, 5.41) is 8.87. The van der Waals surface area contributed by atoms with Gasteiger partial charge in [-0.05, 0) is 59.7 Å². The van der Waals surface area contributed by atoms with E-state index in [9.17, 15) is 26.4 Å². The molecule has 0 radical (unpaired) electrons. The van der Waals surface area contributed by atoms with Crippen LogP contribution in [-0.4, -0.2) is 19.5 Å². The average molecular weight is 421 g/mol. The van der Waals surface area contributed by atoms with E-state index in [1.165, 1.54) is 60.7 Å². The Labute approximate surface area is 164 Å². The molecule has 0 aliphatic heterocycles. The number of halogens is 3. The second-order valence-corrected chi connectivity index (χ2v) is 7.77. The minimum atomic E-state index is -4.46. The summed E-state index contributed by atoms with van der Waals surface area (Å²) < 4.78 is 65.7. The van der Waals surface area contributed by atoms with Gasteiger partial charge in [0.2, 0.25) is 0 Å². The van der Waals surface area contributed by atoms with Crippen molar-refractivity contribution in [2.24, 2.45) is 0 Å². The minimum Gasteiger partial charge on any atom is -0.478 e. The van der Waals surface area contributed by atoms with Gasteiger partial charge in [0.25, 0.3) is 10.0 Å². The van der Waals surface area contributed by atoms with Gasteiger partial charge >= 0.3 is 12.1 Å². The Kier molecular flexibility index (Phi) is 5.34. The van der Waals surface area contributed by atoms with E-state index < -0.39 is 27.7 Å². The summed E-state index contributed by atoms with van der Waals surface area (Å²) in [6, 6.07) is 15.4. The van der Waals surface area contributed by atoms with Crippen LogP contribution in [0.15, 0.2) is 77.7 Å². The molecule has 0 saturated carbocycles. The number of anilines is 1. The highest BCUT2D eigenvalue weighted by Crippen LogP contribution is 2.32. The van der Waals surface area contributed by atoms with Gasteiger partial charge in [0.15, 0.2) is 0 Å². The number of aromatic carboxylic acids is 1. The van der Waals surface area contributed by atoms with Crippen LogP contribution in [0.1, 0.15) is 15.9 Å². The van der Waals surface area contributed by atoms with Crippen LogP contribution in [-0.2, 0) is 16.2 Å². The van der Waals surface area contributed by atoms with Crippen LogP contribution in [0.5, 0.6) is 0 Å². The van der Waals surface area contributed by atoms with Gasteiger partial charge in [-0.3, -0.25) is 4.72 Å². The van der Waals surface area contributed by atoms with Crippen molar-refractivity contribution >= 4 is 21.7 Å². The zero-order chi connectivity index (χ0) is 21.2. The van der Waals surface area contributed by atoms with Crippen molar-refractivity contribution < 1.29 is 31.5 Å². The molecule has 3 aromatic carbocycles. The molecule has 0 fully saturated rings. The first kappa shape index (κ1) is 20.4. The summed E-state index contributed by atoms with van der Waals surface area (Å²) in [7, 11) is -3.95. The molecule has 0 spiro atoms. The molecule has 0 aliphatic rings. The number of hydrogen-bond donors (Lipinski definition) is 2. The molecule has 2 N–H and O–H groups in total. The Hall–Kier alpha value is -3.33. The summed E-state index contributed by atoms with van der Waals surface area (Å²) in [6.45, 7) is 0. The molecule has 0 amide bonds. The minimum absolute atomic E-state index is 0.0469. The average Bonchev–Trinajstić information content (AvgIpc) is 2.68. The zero-order valence-electron chi connectivity index (χ0n) is 14.6. The second kappa shape index (κ2) is 7.59. The zero-order valence-corrected chi connectivity index (χ0v) is 15.5. The molecule has 0 unspecified atom stereocenters. The molecule has 0 heterocycles. The molecule has 0 bridgehead atoms. The maximum Gasteiger partial charge on any atom is 0.416 e. The van der Waals surface area contributed by atoms with Crippen LogP contribution in [0.4, 0.5) is 18.9 Å². The van der Waals surface area contributed by atoms with Crippen LogP contribution in [0, 0.1) is 0 Å². The van der Waals surface area contributed by atoms with Crippen LogP contribution in [0.25, 0.3) is 11.1 Å². The highest BCUT2D eigenvalue weighted by atomic mass is 32.2. The number of hydrogen-bond acceptors (Lipinski definition) is 3. The number of nitrogens with one attached hydrogen (secondary N) is 1. The molecule has 29 heavy (non-hydrogen) atoms. The third-order valence-corrected chi connectivity index (χ3v) is 5.47. The van der Waals surface area contributed by atoms with E-state index in [0.717, 1.165) is 12.1 Å². The van der Waals surface area contributed by atoms with E-state index in [0.29, 0.717) is 11.1 Å². The smallest absolute Gasteiger partial charge is 0.416 e. The monoisotopic (exact) mass is 421 g/mol. The number of benzene rings is 3. The van der Waals surface area contributed by atoms with Gasteiger partial charge in [0.05, 0.1) is 16.0 Å². The Morgan fingerprint density at radius 3 is 2.03 bits per heavy atom. The number of alkyl halides is 3. The predicted molar refractivity (Wildman–Crippen MR) is 101 cm³/mol. The van der Waals surface area contributed by atoms with E-state index in [1.807, 2.05) is 0 Å². The number of rotatable bonds is 5. The summed E-state index contributed by atoms with van der Waals surface area (Å²) in [4.78, 5) is 10.7. The van der Waals surface area contributed by atoms with Gasteiger partial charge in [-0.25, -0.2) is 13.2 Å². The maximum absolute atomic E-state index is 12.9. The van der Waals surface area contributed by atoms with Gasteiger partial charge in [0.1, 0.15) is 0 Å². The largest absolute Gasteiger partial charge is 0.478 e. The van der Waals surface area contributed by atoms with E-state index in [4.69, 9.17) is 5.11 Å². The number of carboxylic acids is 1. The Morgan fingerprint density at radius 1 is 0.862 bits per heavy atom. The van der Waals surface area contributed by atoms with Crippen LogP contribution in [0.2, 0.25) is 0 Å². The normalized spacial score (nSPS) is 11.8. The number of sulfonamides is 1. The second-order valence-electron chi connectivity index (χ2n) is 6.09. The van der Waals surface area contributed by atoms with E-state index in [2.05, 4.69) is 4.72 Å². The first-order chi connectivity index (χ1) is 13.6. The maximum atomic E-state index is 12.9. The van der Waals surface area contributed by atoms with Gasteiger partial charge in [-0.1, -0.05) is 24.3 Å². The molecule has 3 rings (SSSR count). The Morgan fingerprint density at radius 2 is 1.48 bits per heavy atom. The van der Waals surface area contributed by atoms with Crippen molar-refractivity contribution in [3.8, 4) is 11.1 Å². The van der Waals surface area contributed by atoms with Crippen LogP contribution < -0.4 is 4.72 Å². The van der Waals surface area contributed by atoms with Crippen molar-refractivity contribution in [2.45, 2.75) is 11.1 Å². The van der Waals surface area contributed by atoms with Crippen LogP contribution in [0.3, 0.4) is 0 Å². The fourth-order valence-electron chi connectivity index (χ4n) is 2.60. The molecular formula is C20H14F3NO4S. The van der Waals surface area contributed by atoms with E-state index >= 15 is 0 Å². The molecule has 0 saturated heterocycles. The third-order valence-electron chi connectivity index (χ3n) is 4.07. The van der Waals surface area contributed by atoms with Crippen LogP contribution >= 0.6 is 0 Å². The first-order valence-corrected chi connectivity index (χ1v) is 9.68. The molecule has 0 aromatic heterocycles. The SMILES string of the molecule is O=C(O)c1ccc(S(=O)(=O)Nc2ccc(-c3cccc(C(F)(F)F)c3)cc2)cc1. The summed E-state index contributed by atoms with van der Waals surface area (Å²) in [5.41, 5.74) is 0.227. The summed E-state index contributed by atoms with van der Waals surface area (Å²) in [6.07, 6.45) is -4.46. The molecule has 0 atom stereocenters. The Bertz CT molecular complexity index is 1140. The topological polar surface area (TPSA) is 83.5 Å². The van der Waals surface area contributed by atoms with Gasteiger partial charge in [-0.15, -0.1) is 0 Å². The molecule has 0 aliphatic carbocycles. The number of carbonyl (C=O) groups is 1. The fraction of sp³-hybridized carbons (Fsp3) is 0.0500. The van der Waals surface area contributed by atoms with Crippen molar-refractivity contribution in [3.05, 3.63) is 83.9 Å². The predicted octanol–water partition coefficient (Wildman–Crippen LogP) is 4.87. The third kappa shape index (κ3) is 4.75. The van der Waals surface area contributed by atoms with Crippen molar-refractivity contribution in [3.63, 3.8) is 0 Å². The number of carboxylic acid groups (broad SMARTS) is 1. The fourth-order valence-corrected chi connectivity index (χ4v) is 3.66. The lowest BCUT2D eigenvalue weighted by Crippen LogP contribution is -2.13. The van der Waals surface area contributed by atoms with Gasteiger partial charge in [-0.2, -0.15) is 13.2 Å². The highest BCUT2D eigenvalue weighted by molar-refractivity contribution is 7.92. The summed E-state index contributed by atoms with van der Waals surface area (Å²) >= 11 is 0. The lowest BCUT2D eigenvalue weighted by Gasteiger charge is -2.11. The van der Waals surface area contributed by atoms with E-state index in [1.54, 1.807) is 0 Å². The van der Waals surface area contributed by atoms with Gasteiger partial charge in [0, 0.05) is 5.69 Å². The van der Waals surface area contributed by atoms with Crippen molar-refractivity contribution in [1.82, 2.24) is 0 Å². The molecule has 3 aromatic rings. The lowest BCUT2D eigenvalue weighted by molar-refractivity contribution is -0.137. The molecular weight excluding hydrogens is 407 g/mol. The van der Waals surface area contributed by atoms with E-state index in [-0.39, 0.29) is 16.1 Å². The summed E-state index contributed by atoms with van der Waals surface area (Å²) in [5.74, 6) is -1.17. The quantitative estimate of drug-likeness (QED) is 0.616. The lowest BCUT2D eigenvalue weighted by atomic mass is 10.0. The molecule has 9 heteroatoms. The molecule has 150 valence electrons. The van der Waals surface area contributed by atoms with Crippen molar-refractivity contribution in [1.29, 1.82) is 0 Å². The standard InChI is InChI=1S/C20H14F3NO4S/c21-20(22,23)16-3-1-2-15(12-16)13-4-8-17(9-5-13)24-29(27,28)18-10-6-14(7-11-18)19(25)26/h1-12,24H,(H,25,26). The van der Waals surface area contributed by atoms with Gasteiger partial charge < -0.3 is 5.11 Å². The molecule has 5 nitrogen and oxygen atoms in total. The Balaban J connectivity index is 1.81.